The van der Waals surface area contributed by atoms with Crippen molar-refractivity contribution in [2.24, 2.45) is 5.92 Å². The van der Waals surface area contributed by atoms with Crippen LogP contribution in [0, 0.1) is 5.92 Å². The number of nitrogens with one attached hydrogen (secondary N) is 1. The van der Waals surface area contributed by atoms with Gasteiger partial charge >= 0.3 is 0 Å². The standard InChI is InChI=1S/C14H21NO3/c1-18-14-5-2-10(8-13(14)17)9-15-12(6-7-16)11-3-4-11/h2,5,8,11-12,15-17H,3-4,6-7,9H2,1H3. The summed E-state index contributed by atoms with van der Waals surface area (Å²) < 4.78 is 5.01. The predicted octanol–water partition coefficient (Wildman–Crippen LogP) is 1.65. The van der Waals surface area contributed by atoms with Crippen LogP contribution in [0.25, 0.3) is 0 Å². The molecule has 0 heterocycles. The Kier molecular flexibility index (Phi) is 4.44. The van der Waals surface area contributed by atoms with Crippen LogP contribution in [0.3, 0.4) is 0 Å². The molecule has 1 saturated carbocycles. The van der Waals surface area contributed by atoms with Gasteiger partial charge in [-0.25, -0.2) is 0 Å². The second kappa shape index (κ2) is 6.07. The number of aliphatic hydroxyl groups is 1. The van der Waals surface area contributed by atoms with Crippen molar-refractivity contribution in [2.45, 2.75) is 31.8 Å². The fraction of sp³-hybridized carbons (Fsp3) is 0.571. The Morgan fingerprint density at radius 1 is 1.44 bits per heavy atom. The molecular formula is C14H21NO3. The molecule has 0 saturated heterocycles. The number of benzene rings is 1. The molecule has 2 rings (SSSR count). The van der Waals surface area contributed by atoms with Gasteiger partial charge in [-0.15, -0.1) is 0 Å². The maximum Gasteiger partial charge on any atom is 0.160 e. The minimum absolute atomic E-state index is 0.168. The fourth-order valence-corrected chi connectivity index (χ4v) is 2.24. The van der Waals surface area contributed by atoms with E-state index in [1.54, 1.807) is 12.1 Å². The van der Waals surface area contributed by atoms with Gasteiger partial charge in [0.1, 0.15) is 0 Å². The molecule has 1 aliphatic rings. The first-order chi connectivity index (χ1) is 8.74. The van der Waals surface area contributed by atoms with Crippen LogP contribution >= 0.6 is 0 Å². The summed E-state index contributed by atoms with van der Waals surface area (Å²) in [5.74, 6) is 1.37. The summed E-state index contributed by atoms with van der Waals surface area (Å²) in [6.07, 6.45) is 3.31. The first-order valence-electron chi connectivity index (χ1n) is 6.44. The number of ether oxygens (including phenoxy) is 1. The zero-order valence-electron chi connectivity index (χ0n) is 10.7. The molecule has 1 aliphatic carbocycles. The molecule has 0 bridgehead atoms. The normalized spacial score (nSPS) is 16.6. The Morgan fingerprint density at radius 2 is 2.22 bits per heavy atom. The lowest BCUT2D eigenvalue weighted by Gasteiger charge is -2.17. The Hall–Kier alpha value is -1.26. The SMILES string of the molecule is COc1ccc(CNC(CCO)C2CC2)cc1O. The van der Waals surface area contributed by atoms with E-state index in [0.717, 1.165) is 12.0 Å². The fourth-order valence-electron chi connectivity index (χ4n) is 2.24. The van der Waals surface area contributed by atoms with Crippen LogP contribution < -0.4 is 10.1 Å². The lowest BCUT2D eigenvalue weighted by molar-refractivity contribution is 0.255. The Labute approximate surface area is 108 Å². The van der Waals surface area contributed by atoms with Crippen molar-refractivity contribution in [3.8, 4) is 11.5 Å². The highest BCUT2D eigenvalue weighted by Crippen LogP contribution is 2.34. The topological polar surface area (TPSA) is 61.7 Å². The van der Waals surface area contributed by atoms with Gasteiger partial charge < -0.3 is 20.3 Å². The highest BCUT2D eigenvalue weighted by molar-refractivity contribution is 5.41. The van der Waals surface area contributed by atoms with E-state index in [-0.39, 0.29) is 12.4 Å². The van der Waals surface area contributed by atoms with Crippen molar-refractivity contribution in [2.75, 3.05) is 13.7 Å². The Morgan fingerprint density at radius 3 is 2.78 bits per heavy atom. The smallest absolute Gasteiger partial charge is 0.160 e. The minimum atomic E-state index is 0.168. The molecule has 4 heteroatoms. The van der Waals surface area contributed by atoms with Crippen molar-refractivity contribution in [3.05, 3.63) is 23.8 Å². The Balaban J connectivity index is 1.90. The molecular weight excluding hydrogens is 230 g/mol. The molecule has 1 aromatic carbocycles. The number of methoxy groups -OCH3 is 1. The van der Waals surface area contributed by atoms with Crippen molar-refractivity contribution in [3.63, 3.8) is 0 Å². The highest BCUT2D eigenvalue weighted by atomic mass is 16.5. The molecule has 1 fully saturated rings. The number of phenolic OH excluding ortho intramolecular Hbond substituents is 1. The van der Waals surface area contributed by atoms with Crippen molar-refractivity contribution in [1.29, 1.82) is 0 Å². The van der Waals surface area contributed by atoms with E-state index in [4.69, 9.17) is 9.84 Å². The molecule has 100 valence electrons. The van der Waals surface area contributed by atoms with Crippen LogP contribution in [0.5, 0.6) is 11.5 Å². The van der Waals surface area contributed by atoms with E-state index in [9.17, 15) is 5.11 Å². The first-order valence-corrected chi connectivity index (χ1v) is 6.44. The summed E-state index contributed by atoms with van der Waals surface area (Å²) in [6.45, 7) is 0.931. The molecule has 4 nitrogen and oxygen atoms in total. The van der Waals surface area contributed by atoms with Gasteiger partial charge in [0.15, 0.2) is 11.5 Å². The van der Waals surface area contributed by atoms with Crippen LogP contribution in [0.15, 0.2) is 18.2 Å². The van der Waals surface area contributed by atoms with Gasteiger partial charge in [-0.1, -0.05) is 6.07 Å². The molecule has 0 radical (unpaired) electrons. The minimum Gasteiger partial charge on any atom is -0.504 e. The highest BCUT2D eigenvalue weighted by Gasteiger charge is 2.30. The van der Waals surface area contributed by atoms with Gasteiger partial charge in [-0.3, -0.25) is 0 Å². The number of hydrogen-bond donors (Lipinski definition) is 3. The van der Waals surface area contributed by atoms with E-state index in [2.05, 4.69) is 5.32 Å². The van der Waals surface area contributed by atoms with Crippen LogP contribution in [0.1, 0.15) is 24.8 Å². The van der Waals surface area contributed by atoms with Gasteiger partial charge in [0.25, 0.3) is 0 Å². The van der Waals surface area contributed by atoms with E-state index < -0.39 is 0 Å². The molecule has 3 N–H and O–H groups in total. The zero-order chi connectivity index (χ0) is 13.0. The molecule has 0 amide bonds. The number of phenols is 1. The van der Waals surface area contributed by atoms with Gasteiger partial charge in [0.2, 0.25) is 0 Å². The Bertz CT molecular complexity index is 391. The largest absolute Gasteiger partial charge is 0.504 e. The molecule has 0 spiro atoms. The summed E-state index contributed by atoms with van der Waals surface area (Å²) in [5.41, 5.74) is 1.02. The predicted molar refractivity (Wildman–Crippen MR) is 69.7 cm³/mol. The van der Waals surface area contributed by atoms with Gasteiger partial charge in [-0.05, 0) is 42.9 Å². The lowest BCUT2D eigenvalue weighted by atomic mass is 10.1. The van der Waals surface area contributed by atoms with E-state index in [1.165, 1.54) is 20.0 Å². The quantitative estimate of drug-likeness (QED) is 0.689. The maximum absolute atomic E-state index is 9.69. The van der Waals surface area contributed by atoms with Crippen LogP contribution in [-0.2, 0) is 6.54 Å². The third-order valence-electron chi connectivity index (χ3n) is 3.44. The van der Waals surface area contributed by atoms with Crippen molar-refractivity contribution < 1.29 is 14.9 Å². The molecule has 0 aromatic heterocycles. The summed E-state index contributed by atoms with van der Waals surface area (Å²) >= 11 is 0. The molecule has 0 aliphatic heterocycles. The third-order valence-corrected chi connectivity index (χ3v) is 3.44. The molecule has 1 atom stereocenters. The molecule has 1 aromatic rings. The second-order valence-corrected chi connectivity index (χ2v) is 4.84. The first kappa shape index (κ1) is 13.2. The number of aromatic hydroxyl groups is 1. The van der Waals surface area contributed by atoms with Crippen LogP contribution in [0.4, 0.5) is 0 Å². The van der Waals surface area contributed by atoms with Crippen molar-refractivity contribution >= 4 is 0 Å². The second-order valence-electron chi connectivity index (χ2n) is 4.84. The number of aliphatic hydroxyl groups excluding tert-OH is 1. The summed E-state index contributed by atoms with van der Waals surface area (Å²) in [5, 5.41) is 22.2. The van der Waals surface area contributed by atoms with Crippen molar-refractivity contribution in [1.82, 2.24) is 5.32 Å². The van der Waals surface area contributed by atoms with Crippen LogP contribution in [0.2, 0.25) is 0 Å². The maximum atomic E-state index is 9.69. The monoisotopic (exact) mass is 251 g/mol. The summed E-state index contributed by atoms with van der Waals surface area (Å²) in [4.78, 5) is 0. The van der Waals surface area contributed by atoms with Crippen LogP contribution in [-0.4, -0.2) is 30.0 Å². The molecule has 1 unspecified atom stereocenters. The third kappa shape index (κ3) is 3.37. The van der Waals surface area contributed by atoms with E-state index in [0.29, 0.717) is 24.3 Å². The number of rotatable bonds is 7. The zero-order valence-corrected chi connectivity index (χ0v) is 10.7. The van der Waals surface area contributed by atoms with Gasteiger partial charge in [0.05, 0.1) is 7.11 Å². The number of hydrogen-bond acceptors (Lipinski definition) is 4. The average molecular weight is 251 g/mol. The van der Waals surface area contributed by atoms with E-state index >= 15 is 0 Å². The summed E-state index contributed by atoms with van der Waals surface area (Å²) in [6, 6.07) is 5.81. The average Bonchev–Trinajstić information content (AvgIpc) is 3.19. The molecule has 18 heavy (non-hydrogen) atoms. The summed E-state index contributed by atoms with van der Waals surface area (Å²) in [7, 11) is 1.54. The van der Waals surface area contributed by atoms with E-state index in [1.807, 2.05) is 6.07 Å². The van der Waals surface area contributed by atoms with Gasteiger partial charge in [0, 0.05) is 19.2 Å². The lowest BCUT2D eigenvalue weighted by Crippen LogP contribution is -2.31. The van der Waals surface area contributed by atoms with Gasteiger partial charge in [-0.2, -0.15) is 0 Å².